The normalized spacial score (nSPS) is 11.5. The average molecular weight is 459 g/mol. The maximum Gasteiger partial charge on any atom is 0.135 e. The molecule has 4 heteroatoms. The highest BCUT2D eigenvalue weighted by atomic mass is 16.5. The molecule has 0 radical (unpaired) electrons. The minimum absolute atomic E-state index is 0.409. The summed E-state index contributed by atoms with van der Waals surface area (Å²) in [6.07, 6.45) is 0. The Bertz CT molecular complexity index is 1190. The van der Waals surface area contributed by atoms with Crippen molar-refractivity contribution in [2.45, 2.75) is 39.9 Å². The fourth-order valence-electron chi connectivity index (χ4n) is 4.57. The number of hydrogen-bond donors (Lipinski definition) is 0. The average Bonchev–Trinajstić information content (AvgIpc) is 2.85. The minimum Gasteiger partial charge on any atom is -0.489 e. The van der Waals surface area contributed by atoms with Crippen LogP contribution in [0.15, 0.2) is 60.7 Å². The van der Waals surface area contributed by atoms with Crippen molar-refractivity contribution in [1.29, 1.82) is 0 Å². The summed E-state index contributed by atoms with van der Waals surface area (Å²) < 4.78 is 23.6. The van der Waals surface area contributed by atoms with Crippen molar-refractivity contribution >= 4 is 21.5 Å². The van der Waals surface area contributed by atoms with Crippen LogP contribution in [0.4, 0.5) is 0 Å². The van der Waals surface area contributed by atoms with E-state index in [4.69, 9.17) is 18.9 Å². The first-order chi connectivity index (χ1) is 16.5. The summed E-state index contributed by atoms with van der Waals surface area (Å²) in [7, 11) is 3.41. The molecule has 4 nitrogen and oxygen atoms in total. The van der Waals surface area contributed by atoms with E-state index in [1.807, 2.05) is 0 Å². The summed E-state index contributed by atoms with van der Waals surface area (Å²) in [5.41, 5.74) is 4.59. The van der Waals surface area contributed by atoms with Crippen molar-refractivity contribution in [2.75, 3.05) is 27.4 Å². The SMILES string of the molecule is COCc1cc(C(C)C)cc(COC)c1OCCOc1c2ccccc2c(C)c2ccccc12. The zero-order chi connectivity index (χ0) is 24.1. The molecular weight excluding hydrogens is 424 g/mol. The lowest BCUT2D eigenvalue weighted by Crippen LogP contribution is -2.13. The lowest BCUT2D eigenvalue weighted by Gasteiger charge is -2.20. The van der Waals surface area contributed by atoms with Gasteiger partial charge in [0.25, 0.3) is 0 Å². The first-order valence-electron chi connectivity index (χ1n) is 11.8. The fourth-order valence-corrected chi connectivity index (χ4v) is 4.57. The second kappa shape index (κ2) is 10.9. The number of rotatable bonds is 10. The Morgan fingerprint density at radius 1 is 0.647 bits per heavy atom. The van der Waals surface area contributed by atoms with Gasteiger partial charge in [-0.1, -0.05) is 62.4 Å². The van der Waals surface area contributed by atoms with E-state index in [0.29, 0.717) is 32.3 Å². The predicted molar refractivity (Wildman–Crippen MR) is 139 cm³/mol. The first-order valence-corrected chi connectivity index (χ1v) is 11.8. The highest BCUT2D eigenvalue weighted by Gasteiger charge is 2.16. The van der Waals surface area contributed by atoms with Gasteiger partial charge in [-0.2, -0.15) is 0 Å². The van der Waals surface area contributed by atoms with Gasteiger partial charge in [0.2, 0.25) is 0 Å². The Balaban J connectivity index is 1.60. The second-order valence-electron chi connectivity index (χ2n) is 8.93. The predicted octanol–water partition coefficient (Wildman–Crippen LogP) is 7.18. The summed E-state index contributed by atoms with van der Waals surface area (Å²) >= 11 is 0. The van der Waals surface area contributed by atoms with Crippen LogP contribution in [0.5, 0.6) is 11.5 Å². The van der Waals surface area contributed by atoms with Gasteiger partial charge < -0.3 is 18.9 Å². The lowest BCUT2D eigenvalue weighted by atomic mass is 9.96. The van der Waals surface area contributed by atoms with Gasteiger partial charge in [0.05, 0.1) is 13.2 Å². The fraction of sp³-hybridized carbons (Fsp3) is 0.333. The van der Waals surface area contributed by atoms with Gasteiger partial charge in [-0.3, -0.25) is 0 Å². The Kier molecular flexibility index (Phi) is 7.71. The van der Waals surface area contributed by atoms with Crippen LogP contribution >= 0.6 is 0 Å². The molecule has 178 valence electrons. The number of methoxy groups -OCH3 is 2. The molecule has 0 aliphatic carbocycles. The third-order valence-corrected chi connectivity index (χ3v) is 6.26. The summed E-state index contributed by atoms with van der Waals surface area (Å²) in [5, 5.41) is 4.68. The van der Waals surface area contributed by atoms with Crippen molar-refractivity contribution in [3.05, 3.63) is 82.9 Å². The van der Waals surface area contributed by atoms with E-state index in [-0.39, 0.29) is 0 Å². The number of ether oxygens (including phenoxy) is 4. The van der Waals surface area contributed by atoms with Crippen LogP contribution in [-0.2, 0) is 22.7 Å². The topological polar surface area (TPSA) is 36.9 Å². The molecule has 0 unspecified atom stereocenters. The highest BCUT2D eigenvalue weighted by Crippen LogP contribution is 2.38. The van der Waals surface area contributed by atoms with E-state index in [0.717, 1.165) is 33.4 Å². The molecule has 0 fully saturated rings. The van der Waals surface area contributed by atoms with E-state index in [9.17, 15) is 0 Å². The molecule has 0 bridgehead atoms. The monoisotopic (exact) mass is 458 g/mol. The number of fused-ring (bicyclic) bond motifs is 2. The quantitative estimate of drug-likeness (QED) is 0.186. The van der Waals surface area contributed by atoms with Gasteiger partial charge in [-0.15, -0.1) is 0 Å². The van der Waals surface area contributed by atoms with Gasteiger partial charge in [0.1, 0.15) is 24.7 Å². The zero-order valence-corrected chi connectivity index (χ0v) is 20.8. The molecule has 4 aromatic carbocycles. The lowest BCUT2D eigenvalue weighted by molar-refractivity contribution is 0.164. The van der Waals surface area contributed by atoms with Gasteiger partial charge in [-0.25, -0.2) is 0 Å². The maximum absolute atomic E-state index is 6.38. The van der Waals surface area contributed by atoms with Crippen LogP contribution in [0.1, 0.15) is 42.0 Å². The molecule has 0 N–H and O–H groups in total. The van der Waals surface area contributed by atoms with Crippen molar-refractivity contribution in [2.24, 2.45) is 0 Å². The minimum atomic E-state index is 0.409. The molecule has 34 heavy (non-hydrogen) atoms. The summed E-state index contributed by atoms with van der Waals surface area (Å²) in [4.78, 5) is 0. The van der Waals surface area contributed by atoms with E-state index in [1.54, 1.807) is 14.2 Å². The molecule has 0 atom stereocenters. The molecule has 0 aliphatic rings. The van der Waals surface area contributed by atoms with Crippen LogP contribution < -0.4 is 9.47 Å². The zero-order valence-electron chi connectivity index (χ0n) is 20.8. The summed E-state index contributed by atoms with van der Waals surface area (Å²) in [5.74, 6) is 2.15. The molecule has 0 amide bonds. The molecular formula is C30H34O4. The Hall–Kier alpha value is -3.08. The van der Waals surface area contributed by atoms with Crippen LogP contribution in [0.3, 0.4) is 0 Å². The van der Waals surface area contributed by atoms with E-state index in [2.05, 4.69) is 81.4 Å². The van der Waals surface area contributed by atoms with Crippen molar-refractivity contribution in [3.8, 4) is 11.5 Å². The number of aryl methyl sites for hydroxylation is 1. The Morgan fingerprint density at radius 3 is 1.53 bits per heavy atom. The summed E-state index contributed by atoms with van der Waals surface area (Å²) in [6, 6.07) is 21.2. The standard InChI is InChI=1S/C30H34O4/c1-20(2)22-16-23(18-31-4)29(24(17-22)19-32-5)33-14-15-34-30-27-12-8-6-10-25(27)21(3)26-11-7-9-13-28(26)30/h6-13,16-17,20H,14-15,18-19H2,1-5H3. The smallest absolute Gasteiger partial charge is 0.135 e. The molecule has 0 saturated carbocycles. The molecule has 4 aromatic rings. The van der Waals surface area contributed by atoms with E-state index >= 15 is 0 Å². The van der Waals surface area contributed by atoms with E-state index in [1.165, 1.54) is 21.9 Å². The molecule has 0 saturated heterocycles. The van der Waals surface area contributed by atoms with Gasteiger partial charge in [-0.05, 0) is 46.9 Å². The largest absolute Gasteiger partial charge is 0.489 e. The molecule has 0 aromatic heterocycles. The number of benzene rings is 4. The Morgan fingerprint density at radius 2 is 1.09 bits per heavy atom. The van der Waals surface area contributed by atoms with Crippen molar-refractivity contribution in [1.82, 2.24) is 0 Å². The van der Waals surface area contributed by atoms with Crippen molar-refractivity contribution in [3.63, 3.8) is 0 Å². The third-order valence-electron chi connectivity index (χ3n) is 6.26. The molecule has 0 aliphatic heterocycles. The third kappa shape index (κ3) is 4.89. The molecule has 0 heterocycles. The molecule has 4 rings (SSSR count). The highest BCUT2D eigenvalue weighted by molar-refractivity contribution is 6.08. The van der Waals surface area contributed by atoms with Crippen molar-refractivity contribution < 1.29 is 18.9 Å². The van der Waals surface area contributed by atoms with Crippen LogP contribution in [0, 0.1) is 6.92 Å². The van der Waals surface area contributed by atoms with Crippen LogP contribution in [-0.4, -0.2) is 27.4 Å². The van der Waals surface area contributed by atoms with Gasteiger partial charge >= 0.3 is 0 Å². The van der Waals surface area contributed by atoms with Crippen LogP contribution in [0.25, 0.3) is 21.5 Å². The van der Waals surface area contributed by atoms with E-state index < -0.39 is 0 Å². The van der Waals surface area contributed by atoms with Gasteiger partial charge in [0.15, 0.2) is 0 Å². The summed E-state index contributed by atoms with van der Waals surface area (Å²) in [6.45, 7) is 8.38. The Labute approximate surface area is 202 Å². The molecule has 0 spiro atoms. The number of hydrogen-bond acceptors (Lipinski definition) is 4. The second-order valence-corrected chi connectivity index (χ2v) is 8.93. The van der Waals surface area contributed by atoms with Gasteiger partial charge in [0, 0.05) is 36.1 Å². The van der Waals surface area contributed by atoms with Crippen LogP contribution in [0.2, 0.25) is 0 Å². The first kappa shape index (κ1) is 24.1. The maximum atomic E-state index is 6.38.